The predicted molar refractivity (Wildman–Crippen MR) is 106 cm³/mol. The average molecular weight is 410 g/mol. The predicted octanol–water partition coefficient (Wildman–Crippen LogP) is 4.66. The fourth-order valence-electron chi connectivity index (χ4n) is 3.54. The third-order valence-corrected chi connectivity index (χ3v) is 7.20. The van der Waals surface area contributed by atoms with Gasteiger partial charge in [0.2, 0.25) is 10.0 Å². The van der Waals surface area contributed by atoms with Crippen LogP contribution >= 0.6 is 11.6 Å². The van der Waals surface area contributed by atoms with Crippen molar-refractivity contribution in [2.45, 2.75) is 36.6 Å². The molecule has 0 amide bonds. The summed E-state index contributed by atoms with van der Waals surface area (Å²) in [6.45, 7) is 0.443. The number of methoxy groups -OCH3 is 2. The van der Waals surface area contributed by atoms with Crippen molar-refractivity contribution in [3.63, 3.8) is 0 Å². The fraction of sp³-hybridized carbons (Fsp3) is 0.400. The van der Waals surface area contributed by atoms with Crippen molar-refractivity contribution in [1.82, 2.24) is 4.31 Å². The standard InChI is InChI=1S/C20H24ClNO4S/c1-25-15-11-12-19(26-2)20(14-15)27(23,24)22-13-7-3-4-10-18(22)16-8-5-6-9-17(16)21/h5-6,8-9,11-12,14,18H,3-4,7,10,13H2,1-2H3. The van der Waals surface area contributed by atoms with Crippen LogP contribution in [0.2, 0.25) is 5.02 Å². The average Bonchev–Trinajstić information content (AvgIpc) is 2.94. The monoisotopic (exact) mass is 409 g/mol. The van der Waals surface area contributed by atoms with E-state index in [0.717, 1.165) is 31.2 Å². The maximum atomic E-state index is 13.6. The van der Waals surface area contributed by atoms with E-state index >= 15 is 0 Å². The Morgan fingerprint density at radius 3 is 2.52 bits per heavy atom. The second-order valence-electron chi connectivity index (χ2n) is 6.52. The molecule has 146 valence electrons. The van der Waals surface area contributed by atoms with Gasteiger partial charge in [0.1, 0.15) is 16.4 Å². The Kier molecular flexibility index (Phi) is 6.29. The zero-order chi connectivity index (χ0) is 19.4. The Balaban J connectivity index is 2.11. The van der Waals surface area contributed by atoms with Gasteiger partial charge in [-0.2, -0.15) is 4.31 Å². The van der Waals surface area contributed by atoms with Crippen LogP contribution in [0.15, 0.2) is 47.4 Å². The molecule has 5 nitrogen and oxygen atoms in total. The Morgan fingerprint density at radius 2 is 1.81 bits per heavy atom. The molecule has 1 unspecified atom stereocenters. The first kappa shape index (κ1) is 20.0. The first-order valence-electron chi connectivity index (χ1n) is 8.97. The van der Waals surface area contributed by atoms with Gasteiger partial charge in [-0.1, -0.05) is 42.6 Å². The molecule has 0 bridgehead atoms. The molecule has 1 fully saturated rings. The van der Waals surface area contributed by atoms with Crippen molar-refractivity contribution in [2.75, 3.05) is 20.8 Å². The summed E-state index contributed by atoms with van der Waals surface area (Å²) < 4.78 is 39.4. The van der Waals surface area contributed by atoms with E-state index in [1.807, 2.05) is 18.2 Å². The Labute approximate surface area is 165 Å². The van der Waals surface area contributed by atoms with Gasteiger partial charge < -0.3 is 9.47 Å². The van der Waals surface area contributed by atoms with E-state index in [1.54, 1.807) is 22.5 Å². The smallest absolute Gasteiger partial charge is 0.247 e. The zero-order valence-electron chi connectivity index (χ0n) is 15.5. The molecule has 3 rings (SSSR count). The van der Waals surface area contributed by atoms with Crippen LogP contribution in [0.3, 0.4) is 0 Å². The topological polar surface area (TPSA) is 55.8 Å². The van der Waals surface area contributed by atoms with E-state index in [0.29, 0.717) is 23.1 Å². The molecule has 0 spiro atoms. The van der Waals surface area contributed by atoms with Crippen molar-refractivity contribution in [3.8, 4) is 11.5 Å². The number of hydrogen-bond donors (Lipinski definition) is 0. The SMILES string of the molecule is COc1ccc(OC)c(S(=O)(=O)N2CCCCCC2c2ccccc2Cl)c1. The molecule has 0 N–H and O–H groups in total. The first-order chi connectivity index (χ1) is 13.0. The molecule has 1 atom stereocenters. The Hall–Kier alpha value is -1.76. The summed E-state index contributed by atoms with van der Waals surface area (Å²) >= 11 is 6.41. The minimum absolute atomic E-state index is 0.114. The lowest BCUT2D eigenvalue weighted by atomic mass is 10.0. The molecule has 0 saturated carbocycles. The summed E-state index contributed by atoms with van der Waals surface area (Å²) in [6.07, 6.45) is 3.49. The quantitative estimate of drug-likeness (QED) is 0.720. The molecule has 27 heavy (non-hydrogen) atoms. The minimum atomic E-state index is -3.81. The van der Waals surface area contributed by atoms with Gasteiger partial charge >= 0.3 is 0 Å². The highest BCUT2D eigenvalue weighted by Crippen LogP contribution is 2.40. The van der Waals surface area contributed by atoms with Crippen molar-refractivity contribution in [1.29, 1.82) is 0 Å². The van der Waals surface area contributed by atoms with Gasteiger partial charge in [-0.3, -0.25) is 0 Å². The van der Waals surface area contributed by atoms with Crippen LogP contribution in [0.4, 0.5) is 0 Å². The lowest BCUT2D eigenvalue weighted by molar-refractivity contribution is 0.325. The van der Waals surface area contributed by atoms with Crippen molar-refractivity contribution >= 4 is 21.6 Å². The summed E-state index contributed by atoms with van der Waals surface area (Å²) in [6, 6.07) is 12.0. The zero-order valence-corrected chi connectivity index (χ0v) is 17.1. The molecule has 1 saturated heterocycles. The van der Waals surface area contributed by atoms with Gasteiger partial charge in [0.25, 0.3) is 0 Å². The molecule has 1 aliphatic rings. The maximum absolute atomic E-state index is 13.6. The van der Waals surface area contributed by atoms with Crippen LogP contribution in [0.25, 0.3) is 0 Å². The summed E-state index contributed by atoms with van der Waals surface area (Å²) in [7, 11) is -0.827. The first-order valence-corrected chi connectivity index (χ1v) is 10.8. The highest BCUT2D eigenvalue weighted by atomic mass is 35.5. The molecule has 0 aliphatic carbocycles. The van der Waals surface area contributed by atoms with Gasteiger partial charge in [0.05, 0.1) is 20.3 Å². The van der Waals surface area contributed by atoms with Crippen molar-refractivity contribution in [3.05, 3.63) is 53.1 Å². The van der Waals surface area contributed by atoms with Crippen LogP contribution in [-0.2, 0) is 10.0 Å². The van der Waals surface area contributed by atoms with E-state index in [-0.39, 0.29) is 10.9 Å². The lowest BCUT2D eigenvalue weighted by Crippen LogP contribution is -2.35. The minimum Gasteiger partial charge on any atom is -0.497 e. The number of rotatable bonds is 5. The Morgan fingerprint density at radius 1 is 1.04 bits per heavy atom. The summed E-state index contributed by atoms with van der Waals surface area (Å²) in [5.74, 6) is 0.774. The second-order valence-corrected chi connectivity index (χ2v) is 8.79. The molecule has 2 aromatic rings. The van der Waals surface area contributed by atoms with Gasteiger partial charge in [-0.05, 0) is 36.6 Å². The fourth-order valence-corrected chi connectivity index (χ4v) is 5.65. The largest absolute Gasteiger partial charge is 0.497 e. The third-order valence-electron chi connectivity index (χ3n) is 4.93. The molecule has 7 heteroatoms. The summed E-state index contributed by atoms with van der Waals surface area (Å²) in [5, 5.41) is 0.585. The molecule has 0 radical (unpaired) electrons. The molecular formula is C20H24ClNO4S. The third kappa shape index (κ3) is 4.08. The normalized spacial score (nSPS) is 18.7. The number of hydrogen-bond acceptors (Lipinski definition) is 4. The van der Waals surface area contributed by atoms with E-state index in [2.05, 4.69) is 0 Å². The van der Waals surface area contributed by atoms with E-state index in [4.69, 9.17) is 21.1 Å². The maximum Gasteiger partial charge on any atom is 0.247 e. The van der Waals surface area contributed by atoms with Crippen LogP contribution in [-0.4, -0.2) is 33.5 Å². The van der Waals surface area contributed by atoms with Gasteiger partial charge in [-0.25, -0.2) is 8.42 Å². The number of nitrogens with zero attached hydrogens (tertiary/aromatic N) is 1. The van der Waals surface area contributed by atoms with Gasteiger partial charge in [-0.15, -0.1) is 0 Å². The molecule has 1 heterocycles. The molecule has 2 aromatic carbocycles. The molecule has 1 aliphatic heterocycles. The number of halogens is 1. The van der Waals surface area contributed by atoms with Gasteiger partial charge in [0.15, 0.2) is 0 Å². The van der Waals surface area contributed by atoms with Crippen LogP contribution < -0.4 is 9.47 Å². The van der Waals surface area contributed by atoms with Crippen LogP contribution in [0, 0.1) is 0 Å². The van der Waals surface area contributed by atoms with E-state index < -0.39 is 10.0 Å². The lowest BCUT2D eigenvalue weighted by Gasteiger charge is -2.30. The summed E-state index contributed by atoms with van der Waals surface area (Å²) in [4.78, 5) is 0.114. The van der Waals surface area contributed by atoms with E-state index in [9.17, 15) is 8.42 Å². The van der Waals surface area contributed by atoms with Gasteiger partial charge in [0, 0.05) is 17.6 Å². The van der Waals surface area contributed by atoms with Crippen molar-refractivity contribution in [2.24, 2.45) is 0 Å². The number of benzene rings is 2. The number of ether oxygens (including phenoxy) is 2. The molecule has 0 aromatic heterocycles. The highest BCUT2D eigenvalue weighted by molar-refractivity contribution is 7.89. The van der Waals surface area contributed by atoms with Crippen LogP contribution in [0.1, 0.15) is 37.3 Å². The van der Waals surface area contributed by atoms with E-state index in [1.165, 1.54) is 20.3 Å². The number of sulfonamides is 1. The highest BCUT2D eigenvalue weighted by Gasteiger charge is 2.36. The second kappa shape index (κ2) is 8.50. The Bertz CT molecular complexity index is 901. The molecular weight excluding hydrogens is 386 g/mol. The summed E-state index contributed by atoms with van der Waals surface area (Å²) in [5.41, 5.74) is 0.839. The van der Waals surface area contributed by atoms with Crippen molar-refractivity contribution < 1.29 is 17.9 Å². The van der Waals surface area contributed by atoms with Crippen LogP contribution in [0.5, 0.6) is 11.5 Å².